The van der Waals surface area contributed by atoms with Gasteiger partial charge in [0.1, 0.15) is 17.2 Å². The molecule has 0 bridgehead atoms. The maximum atomic E-state index is 13.8. The van der Waals surface area contributed by atoms with E-state index >= 15 is 0 Å². The molecule has 2 aromatic heterocycles. The van der Waals surface area contributed by atoms with Gasteiger partial charge in [-0.2, -0.15) is 21.6 Å². The van der Waals surface area contributed by atoms with Crippen LogP contribution in [-0.4, -0.2) is 61.2 Å². The summed E-state index contributed by atoms with van der Waals surface area (Å²) in [5, 5.41) is -0.377. The second-order valence-corrected chi connectivity index (χ2v) is 12.4. The Morgan fingerprint density at radius 2 is 1.54 bits per heavy atom. The quantitative estimate of drug-likeness (QED) is 0.410. The van der Waals surface area contributed by atoms with Gasteiger partial charge in [0.2, 0.25) is 0 Å². The molecule has 1 aromatic carbocycles. The highest BCUT2D eigenvalue weighted by atomic mass is 32.2. The van der Waals surface area contributed by atoms with Gasteiger partial charge < -0.3 is 14.5 Å². The fourth-order valence-electron chi connectivity index (χ4n) is 4.46. The van der Waals surface area contributed by atoms with Crippen LogP contribution in [0.15, 0.2) is 53.6 Å². The molecular formula is C28H32F3N5O4S. The number of amides is 1. The van der Waals surface area contributed by atoms with Crippen LogP contribution in [0.4, 0.5) is 29.6 Å². The van der Waals surface area contributed by atoms with E-state index in [1.807, 2.05) is 4.90 Å². The number of benzene rings is 1. The van der Waals surface area contributed by atoms with Gasteiger partial charge in [0.15, 0.2) is 5.03 Å². The molecule has 3 aromatic rings. The van der Waals surface area contributed by atoms with Gasteiger partial charge in [-0.3, -0.25) is 4.72 Å². The van der Waals surface area contributed by atoms with Crippen LogP contribution in [0.25, 0.3) is 11.3 Å². The van der Waals surface area contributed by atoms with Gasteiger partial charge in [0.25, 0.3) is 10.0 Å². The highest BCUT2D eigenvalue weighted by Gasteiger charge is 2.33. The summed E-state index contributed by atoms with van der Waals surface area (Å²) in [7, 11) is -4.40. The lowest BCUT2D eigenvalue weighted by atomic mass is 9.98. The van der Waals surface area contributed by atoms with Crippen molar-refractivity contribution in [2.24, 2.45) is 0 Å². The normalized spacial score (nSPS) is 14.6. The van der Waals surface area contributed by atoms with Crippen molar-refractivity contribution in [1.29, 1.82) is 0 Å². The summed E-state index contributed by atoms with van der Waals surface area (Å²) >= 11 is 0. The third kappa shape index (κ3) is 7.26. The highest BCUT2D eigenvalue weighted by Crippen LogP contribution is 2.35. The summed E-state index contributed by atoms with van der Waals surface area (Å²) < 4.78 is 75.5. The topological polar surface area (TPSA) is 105 Å². The van der Waals surface area contributed by atoms with Crippen molar-refractivity contribution in [2.75, 3.05) is 35.8 Å². The number of ether oxygens (including phenoxy) is 1. The Bertz CT molecular complexity index is 1530. The van der Waals surface area contributed by atoms with Crippen molar-refractivity contribution in [3.63, 3.8) is 0 Å². The Kier molecular flexibility index (Phi) is 8.21. The number of sulfonamides is 1. The molecule has 0 atom stereocenters. The minimum Gasteiger partial charge on any atom is -0.444 e. The third-order valence-electron chi connectivity index (χ3n) is 6.37. The van der Waals surface area contributed by atoms with Gasteiger partial charge in [-0.05, 0) is 70.0 Å². The number of aromatic nitrogens is 2. The molecule has 1 amide bonds. The smallest absolute Gasteiger partial charge is 0.416 e. The number of hydrogen-bond donors (Lipinski definition) is 1. The summed E-state index contributed by atoms with van der Waals surface area (Å²) in [6.07, 6.45) is -5.16. The van der Waals surface area contributed by atoms with E-state index in [9.17, 15) is 26.4 Å². The van der Waals surface area contributed by atoms with E-state index in [2.05, 4.69) is 14.7 Å². The van der Waals surface area contributed by atoms with Gasteiger partial charge in [-0.25, -0.2) is 14.8 Å². The molecule has 13 heteroatoms. The van der Waals surface area contributed by atoms with Gasteiger partial charge in [-0.1, -0.05) is 24.3 Å². The molecule has 220 valence electrons. The first-order chi connectivity index (χ1) is 19.0. The average molecular weight is 592 g/mol. The zero-order chi connectivity index (χ0) is 30.2. The van der Waals surface area contributed by atoms with E-state index in [-0.39, 0.29) is 10.7 Å². The van der Waals surface area contributed by atoms with Gasteiger partial charge >= 0.3 is 12.3 Å². The van der Waals surface area contributed by atoms with Crippen molar-refractivity contribution in [1.82, 2.24) is 14.9 Å². The fraction of sp³-hybridized carbons (Fsp3) is 0.393. The fourth-order valence-corrected chi connectivity index (χ4v) is 5.41. The SMILES string of the molecule is Cc1cccc(C)c1-c1cc(C(F)(F)F)cc(NS(=O)(=O)c2cccc(N3CCN(C(=O)OC(C)(C)C)CC3)n2)n1. The molecule has 1 saturated heterocycles. The number of halogens is 3. The monoisotopic (exact) mass is 591 g/mol. The molecule has 0 aliphatic carbocycles. The summed E-state index contributed by atoms with van der Waals surface area (Å²) in [6.45, 7) is 10.3. The largest absolute Gasteiger partial charge is 0.444 e. The van der Waals surface area contributed by atoms with Gasteiger partial charge in [-0.15, -0.1) is 0 Å². The lowest BCUT2D eigenvalue weighted by Crippen LogP contribution is -2.50. The number of carbonyl (C=O) groups is 1. The van der Waals surface area contributed by atoms with Crippen LogP contribution in [0.3, 0.4) is 0 Å². The van der Waals surface area contributed by atoms with Crippen molar-refractivity contribution in [2.45, 2.75) is 51.4 Å². The van der Waals surface area contributed by atoms with E-state index < -0.39 is 39.3 Å². The maximum Gasteiger partial charge on any atom is 0.416 e. The Morgan fingerprint density at radius 1 is 0.927 bits per heavy atom. The number of piperazine rings is 1. The minimum absolute atomic E-state index is 0.00214. The van der Waals surface area contributed by atoms with E-state index in [4.69, 9.17) is 4.74 Å². The van der Waals surface area contributed by atoms with Crippen molar-refractivity contribution < 1.29 is 31.1 Å². The molecule has 4 rings (SSSR count). The Hall–Kier alpha value is -3.87. The molecule has 1 aliphatic heterocycles. The summed E-state index contributed by atoms with van der Waals surface area (Å²) in [6, 6.07) is 11.2. The Balaban J connectivity index is 1.58. The highest BCUT2D eigenvalue weighted by molar-refractivity contribution is 7.92. The predicted molar refractivity (Wildman–Crippen MR) is 149 cm³/mol. The summed E-state index contributed by atoms with van der Waals surface area (Å²) in [4.78, 5) is 24.2. The number of aryl methyl sites for hydroxylation is 2. The Labute approximate surface area is 237 Å². The average Bonchev–Trinajstić information content (AvgIpc) is 2.87. The van der Waals surface area contributed by atoms with Crippen LogP contribution in [0.1, 0.15) is 37.5 Å². The number of anilines is 2. The number of pyridine rings is 2. The lowest BCUT2D eigenvalue weighted by Gasteiger charge is -2.36. The van der Waals surface area contributed by atoms with E-state index in [1.54, 1.807) is 63.8 Å². The molecule has 0 saturated carbocycles. The van der Waals surface area contributed by atoms with Crippen LogP contribution < -0.4 is 9.62 Å². The van der Waals surface area contributed by atoms with E-state index in [0.29, 0.717) is 54.8 Å². The number of alkyl halides is 3. The number of nitrogens with one attached hydrogen (secondary N) is 1. The third-order valence-corrected chi connectivity index (χ3v) is 7.62. The zero-order valence-corrected chi connectivity index (χ0v) is 24.2. The molecular weight excluding hydrogens is 559 g/mol. The van der Waals surface area contributed by atoms with Crippen LogP contribution >= 0.6 is 0 Å². The van der Waals surface area contributed by atoms with Crippen LogP contribution in [0.5, 0.6) is 0 Å². The van der Waals surface area contributed by atoms with Crippen LogP contribution in [-0.2, 0) is 20.9 Å². The number of hydrogen-bond acceptors (Lipinski definition) is 7. The second-order valence-electron chi connectivity index (χ2n) is 10.8. The first-order valence-corrected chi connectivity index (χ1v) is 14.4. The van der Waals surface area contributed by atoms with Gasteiger partial charge in [0, 0.05) is 31.7 Å². The zero-order valence-electron chi connectivity index (χ0n) is 23.4. The van der Waals surface area contributed by atoms with Crippen LogP contribution in [0.2, 0.25) is 0 Å². The van der Waals surface area contributed by atoms with Gasteiger partial charge in [0.05, 0.1) is 11.3 Å². The molecule has 1 aliphatic rings. The molecule has 0 radical (unpaired) electrons. The molecule has 9 nitrogen and oxygen atoms in total. The number of carbonyl (C=O) groups excluding carboxylic acids is 1. The van der Waals surface area contributed by atoms with Crippen molar-refractivity contribution in [3.05, 3.63) is 65.2 Å². The molecule has 3 heterocycles. The van der Waals surface area contributed by atoms with Crippen molar-refractivity contribution >= 4 is 27.8 Å². The lowest BCUT2D eigenvalue weighted by molar-refractivity contribution is -0.137. The number of rotatable bonds is 5. The molecule has 41 heavy (non-hydrogen) atoms. The van der Waals surface area contributed by atoms with E-state index in [1.165, 1.54) is 12.1 Å². The standard InChI is InChI=1S/C28H32F3N5O4S/c1-18-8-6-9-19(2)25(18)21-16-20(28(29,30)31)17-22(32-21)34-41(38,39)24-11-7-10-23(33-24)35-12-14-36(15-13-35)26(37)40-27(3,4)5/h6-11,16-17H,12-15H2,1-5H3,(H,32,34). The predicted octanol–water partition coefficient (Wildman–Crippen LogP) is 5.64. The first-order valence-electron chi connectivity index (χ1n) is 12.9. The van der Waals surface area contributed by atoms with Crippen molar-refractivity contribution in [3.8, 4) is 11.3 Å². The minimum atomic E-state index is -4.73. The maximum absolute atomic E-state index is 13.8. The molecule has 0 unspecified atom stereocenters. The van der Waals surface area contributed by atoms with Crippen LogP contribution in [0, 0.1) is 13.8 Å². The number of nitrogens with zero attached hydrogens (tertiary/aromatic N) is 4. The first kappa shape index (κ1) is 30.1. The molecule has 1 N–H and O–H groups in total. The summed E-state index contributed by atoms with van der Waals surface area (Å²) in [5.74, 6) is -0.124. The second kappa shape index (κ2) is 11.2. The summed E-state index contributed by atoms with van der Waals surface area (Å²) in [5.41, 5.74) is 0.229. The molecule has 0 spiro atoms. The Morgan fingerprint density at radius 3 is 2.12 bits per heavy atom. The molecule has 1 fully saturated rings. The van der Waals surface area contributed by atoms with E-state index in [0.717, 1.165) is 6.07 Å².